The summed E-state index contributed by atoms with van der Waals surface area (Å²) in [5.74, 6) is -0.641. The van der Waals surface area contributed by atoms with Gasteiger partial charge in [-0.1, -0.05) is 0 Å². The molecule has 0 aromatic rings. The van der Waals surface area contributed by atoms with Crippen LogP contribution in [0.15, 0.2) is 5.29 Å². The van der Waals surface area contributed by atoms with Crippen LogP contribution in [0, 0.1) is 4.91 Å². The van der Waals surface area contributed by atoms with Crippen molar-refractivity contribution in [3.63, 3.8) is 0 Å². The number of thioether (sulfide) groups is 1. The molecular weight excluding hydrogens is 180 g/mol. The molecule has 0 saturated carbocycles. The maximum absolute atomic E-state index is 10.7. The van der Waals surface area contributed by atoms with E-state index in [2.05, 4.69) is 5.29 Å². The zero-order valence-electron chi connectivity index (χ0n) is 6.85. The van der Waals surface area contributed by atoms with Gasteiger partial charge in [-0.3, -0.25) is 0 Å². The SMILES string of the molecule is CC1(C)SCN(N=O)C1C(=O)O. The third-order valence-electron chi connectivity index (χ3n) is 1.86. The highest BCUT2D eigenvalue weighted by Crippen LogP contribution is 2.39. The van der Waals surface area contributed by atoms with Crippen LogP contribution in [0.3, 0.4) is 0 Å². The van der Waals surface area contributed by atoms with Crippen molar-refractivity contribution >= 4 is 17.7 Å². The van der Waals surface area contributed by atoms with Gasteiger partial charge in [0.15, 0.2) is 6.04 Å². The first-order valence-corrected chi connectivity index (χ1v) is 4.44. The summed E-state index contributed by atoms with van der Waals surface area (Å²) in [6, 6.07) is -0.806. The first-order valence-electron chi connectivity index (χ1n) is 3.45. The topological polar surface area (TPSA) is 70.0 Å². The Morgan fingerprint density at radius 3 is 2.67 bits per heavy atom. The Balaban J connectivity index is 2.87. The van der Waals surface area contributed by atoms with Gasteiger partial charge >= 0.3 is 5.97 Å². The Kier molecular flexibility index (Phi) is 2.27. The number of hydrogen-bond acceptors (Lipinski definition) is 4. The lowest BCUT2D eigenvalue weighted by molar-refractivity contribution is -0.143. The molecule has 0 radical (unpaired) electrons. The van der Waals surface area contributed by atoms with Crippen molar-refractivity contribution in [2.75, 3.05) is 5.88 Å². The Bertz CT molecular complexity index is 219. The van der Waals surface area contributed by atoms with Crippen molar-refractivity contribution in [3.05, 3.63) is 4.91 Å². The first kappa shape index (κ1) is 9.31. The van der Waals surface area contributed by atoms with Crippen LogP contribution in [0.4, 0.5) is 0 Å². The van der Waals surface area contributed by atoms with Crippen molar-refractivity contribution in [1.29, 1.82) is 0 Å². The molecule has 1 saturated heterocycles. The van der Waals surface area contributed by atoms with Crippen LogP contribution < -0.4 is 0 Å². The molecule has 1 unspecified atom stereocenters. The molecule has 0 aromatic carbocycles. The van der Waals surface area contributed by atoms with E-state index in [4.69, 9.17) is 5.11 Å². The number of nitrogens with zero attached hydrogens (tertiary/aromatic N) is 2. The third kappa shape index (κ3) is 1.38. The fourth-order valence-electron chi connectivity index (χ4n) is 1.24. The summed E-state index contributed by atoms with van der Waals surface area (Å²) in [6.45, 7) is 3.59. The fourth-order valence-corrected chi connectivity index (χ4v) is 2.28. The quantitative estimate of drug-likeness (QED) is 0.655. The van der Waals surface area contributed by atoms with Gasteiger partial charge in [-0.2, -0.15) is 0 Å². The Morgan fingerprint density at radius 1 is 1.75 bits per heavy atom. The Morgan fingerprint density at radius 2 is 2.33 bits per heavy atom. The van der Waals surface area contributed by atoms with Gasteiger partial charge in [-0.15, -0.1) is 16.7 Å². The van der Waals surface area contributed by atoms with Crippen LogP contribution in [0.25, 0.3) is 0 Å². The predicted octanol–water partition coefficient (Wildman–Crippen LogP) is 0.906. The molecule has 5 nitrogen and oxygen atoms in total. The second kappa shape index (κ2) is 2.93. The molecule has 0 amide bonds. The molecule has 1 aliphatic rings. The first-order chi connectivity index (χ1) is 5.49. The molecule has 1 rings (SSSR count). The highest BCUT2D eigenvalue weighted by atomic mass is 32.2. The van der Waals surface area contributed by atoms with Crippen molar-refractivity contribution in [2.24, 2.45) is 5.29 Å². The number of carboxylic acid groups (broad SMARTS) is 1. The van der Waals surface area contributed by atoms with E-state index in [0.29, 0.717) is 5.88 Å². The van der Waals surface area contributed by atoms with E-state index >= 15 is 0 Å². The average Bonchev–Trinajstić information content (AvgIpc) is 2.24. The number of aliphatic carboxylic acids is 1. The molecule has 0 bridgehead atoms. The lowest BCUT2D eigenvalue weighted by atomic mass is 10.0. The normalized spacial score (nSPS) is 27.2. The molecule has 12 heavy (non-hydrogen) atoms. The van der Waals surface area contributed by atoms with Gasteiger partial charge in [0.2, 0.25) is 0 Å². The van der Waals surface area contributed by atoms with Crippen LogP contribution in [0.5, 0.6) is 0 Å². The van der Waals surface area contributed by atoms with E-state index in [9.17, 15) is 9.70 Å². The van der Waals surface area contributed by atoms with Crippen LogP contribution in [-0.4, -0.2) is 32.8 Å². The summed E-state index contributed by atoms with van der Waals surface area (Å²) in [5, 5.41) is 12.5. The third-order valence-corrected chi connectivity index (χ3v) is 3.23. The van der Waals surface area contributed by atoms with Gasteiger partial charge in [0.25, 0.3) is 0 Å². The molecular formula is C6H10N2O3S. The molecule has 0 aromatic heterocycles. The summed E-state index contributed by atoms with van der Waals surface area (Å²) in [7, 11) is 0. The van der Waals surface area contributed by atoms with Crippen LogP contribution in [0.1, 0.15) is 13.8 Å². The minimum Gasteiger partial charge on any atom is -0.480 e. The van der Waals surface area contributed by atoms with Crippen molar-refractivity contribution < 1.29 is 9.90 Å². The standard InChI is InChI=1S/C6H10N2O3S/c1-6(2)4(5(9)10)8(7-11)3-12-6/h4H,3H2,1-2H3,(H,9,10). The molecule has 68 valence electrons. The number of rotatable bonds is 2. The van der Waals surface area contributed by atoms with E-state index in [1.165, 1.54) is 11.8 Å². The van der Waals surface area contributed by atoms with Crippen LogP contribution in [0.2, 0.25) is 0 Å². The fraction of sp³-hybridized carbons (Fsp3) is 0.833. The Hall–Kier alpha value is -0.780. The van der Waals surface area contributed by atoms with Crippen molar-refractivity contribution in [2.45, 2.75) is 24.6 Å². The highest BCUT2D eigenvalue weighted by Gasteiger charge is 2.46. The molecule has 1 fully saturated rings. The second-order valence-electron chi connectivity index (χ2n) is 3.14. The second-order valence-corrected chi connectivity index (χ2v) is 4.74. The highest BCUT2D eigenvalue weighted by molar-refractivity contribution is 8.00. The lowest BCUT2D eigenvalue weighted by Crippen LogP contribution is -2.43. The van der Waals surface area contributed by atoms with Crippen LogP contribution >= 0.6 is 11.8 Å². The zero-order chi connectivity index (χ0) is 9.35. The van der Waals surface area contributed by atoms with Gasteiger partial charge in [-0.05, 0) is 13.8 Å². The number of carboxylic acids is 1. The van der Waals surface area contributed by atoms with Gasteiger partial charge in [0.1, 0.15) is 0 Å². The van der Waals surface area contributed by atoms with Gasteiger partial charge in [0.05, 0.1) is 11.2 Å². The molecule has 6 heteroatoms. The van der Waals surface area contributed by atoms with Crippen LogP contribution in [-0.2, 0) is 4.79 Å². The molecule has 1 heterocycles. The smallest absolute Gasteiger partial charge is 0.329 e. The summed E-state index contributed by atoms with van der Waals surface area (Å²) in [5.41, 5.74) is 0. The molecule has 1 atom stereocenters. The van der Waals surface area contributed by atoms with Gasteiger partial charge in [-0.25, -0.2) is 9.80 Å². The molecule has 0 spiro atoms. The lowest BCUT2D eigenvalue weighted by Gasteiger charge is -2.23. The van der Waals surface area contributed by atoms with E-state index in [0.717, 1.165) is 5.01 Å². The maximum atomic E-state index is 10.7. The monoisotopic (exact) mass is 190 g/mol. The summed E-state index contributed by atoms with van der Waals surface area (Å²) >= 11 is 1.42. The average molecular weight is 190 g/mol. The molecule has 1 aliphatic heterocycles. The minimum absolute atomic E-state index is 0.355. The maximum Gasteiger partial charge on any atom is 0.329 e. The van der Waals surface area contributed by atoms with E-state index in [1.54, 1.807) is 13.8 Å². The zero-order valence-corrected chi connectivity index (χ0v) is 7.67. The number of nitroso groups, excluding NO2 is 1. The van der Waals surface area contributed by atoms with E-state index in [-0.39, 0.29) is 0 Å². The Labute approximate surface area is 74.1 Å². The summed E-state index contributed by atoms with van der Waals surface area (Å²) < 4.78 is -0.445. The largest absolute Gasteiger partial charge is 0.480 e. The van der Waals surface area contributed by atoms with Gasteiger partial charge in [0, 0.05) is 4.75 Å². The minimum atomic E-state index is -0.996. The van der Waals surface area contributed by atoms with Crippen molar-refractivity contribution in [3.8, 4) is 0 Å². The summed E-state index contributed by atoms with van der Waals surface area (Å²) in [4.78, 5) is 20.9. The van der Waals surface area contributed by atoms with Gasteiger partial charge < -0.3 is 5.11 Å². The van der Waals surface area contributed by atoms with E-state index < -0.39 is 16.8 Å². The number of carbonyl (C=O) groups is 1. The predicted molar refractivity (Wildman–Crippen MR) is 45.6 cm³/mol. The molecule has 1 N–H and O–H groups in total. The molecule has 0 aliphatic carbocycles. The van der Waals surface area contributed by atoms with E-state index in [1.807, 2.05) is 0 Å². The number of hydrogen-bond donors (Lipinski definition) is 1. The van der Waals surface area contributed by atoms with Crippen molar-refractivity contribution in [1.82, 2.24) is 5.01 Å². The summed E-state index contributed by atoms with van der Waals surface area (Å²) in [6.07, 6.45) is 0.